The number of carbonyl (C=O) groups excluding carboxylic acids is 1. The molecule has 4 rings (SSSR count). The maximum atomic E-state index is 12.4. The van der Waals surface area contributed by atoms with Crippen LogP contribution >= 0.6 is 34.4 Å². The molecule has 0 aliphatic rings. The Bertz CT molecular complexity index is 1110. The Kier molecular flexibility index (Phi) is 5.98. The number of hydrogen-bond acceptors (Lipinski definition) is 7. The molecular weight excluding hydrogens is 422 g/mol. The molecule has 3 heterocycles. The third kappa shape index (κ3) is 4.36. The molecule has 0 atom stereocenters. The number of aryl methyl sites for hydroxylation is 1. The van der Waals surface area contributed by atoms with Gasteiger partial charge in [-0.25, -0.2) is 4.98 Å². The van der Waals surface area contributed by atoms with Crippen molar-refractivity contribution in [2.45, 2.75) is 38.4 Å². The van der Waals surface area contributed by atoms with Crippen molar-refractivity contribution in [3.63, 3.8) is 0 Å². The summed E-state index contributed by atoms with van der Waals surface area (Å²) >= 11 is 4.61. The Labute approximate surface area is 181 Å². The molecule has 9 heteroatoms. The molecule has 0 bridgehead atoms. The van der Waals surface area contributed by atoms with Crippen LogP contribution in [0.2, 0.25) is 0 Å². The fraction of sp³-hybridized carbons (Fsp3) is 0.300. The van der Waals surface area contributed by atoms with Crippen molar-refractivity contribution >= 4 is 55.7 Å². The highest BCUT2D eigenvalue weighted by molar-refractivity contribution is 7.99. The van der Waals surface area contributed by atoms with Gasteiger partial charge in [0, 0.05) is 21.9 Å². The predicted octanol–water partition coefficient (Wildman–Crippen LogP) is 5.49. The highest BCUT2D eigenvalue weighted by Crippen LogP contribution is 2.31. The second-order valence-electron chi connectivity index (χ2n) is 6.75. The molecule has 0 aliphatic carbocycles. The van der Waals surface area contributed by atoms with Crippen molar-refractivity contribution < 1.29 is 4.79 Å². The lowest BCUT2D eigenvalue weighted by Gasteiger charge is -2.12. The molecule has 0 spiro atoms. The van der Waals surface area contributed by atoms with Crippen LogP contribution in [0.3, 0.4) is 0 Å². The van der Waals surface area contributed by atoms with Gasteiger partial charge in [-0.2, -0.15) is 0 Å². The maximum Gasteiger partial charge on any atom is 0.236 e. The molecule has 6 nitrogen and oxygen atoms in total. The molecule has 1 N–H and O–H groups in total. The van der Waals surface area contributed by atoms with Gasteiger partial charge in [-0.1, -0.05) is 42.2 Å². The van der Waals surface area contributed by atoms with E-state index in [1.165, 1.54) is 28.0 Å². The molecule has 0 unspecified atom stereocenters. The summed E-state index contributed by atoms with van der Waals surface area (Å²) in [4.78, 5) is 18.2. The Morgan fingerprint density at radius 1 is 1.28 bits per heavy atom. The van der Waals surface area contributed by atoms with Crippen molar-refractivity contribution in [3.05, 3.63) is 40.6 Å². The Morgan fingerprint density at radius 2 is 2.10 bits per heavy atom. The van der Waals surface area contributed by atoms with Crippen molar-refractivity contribution in [1.82, 2.24) is 19.7 Å². The van der Waals surface area contributed by atoms with Crippen LogP contribution in [0.4, 0.5) is 5.13 Å². The second-order valence-corrected chi connectivity index (χ2v) is 9.72. The lowest BCUT2D eigenvalue weighted by atomic mass is 10.2. The van der Waals surface area contributed by atoms with Crippen LogP contribution < -0.4 is 5.32 Å². The van der Waals surface area contributed by atoms with Crippen LogP contribution in [0.15, 0.2) is 40.9 Å². The molecule has 1 aromatic carbocycles. The van der Waals surface area contributed by atoms with E-state index in [9.17, 15) is 4.79 Å². The molecular formula is C20H21N5OS3. The van der Waals surface area contributed by atoms with Gasteiger partial charge in [-0.05, 0) is 38.5 Å². The third-order valence-corrected chi connectivity index (χ3v) is 7.29. The third-order valence-electron chi connectivity index (χ3n) is 4.31. The molecule has 0 fully saturated rings. The van der Waals surface area contributed by atoms with Crippen molar-refractivity contribution in [1.29, 1.82) is 0 Å². The average Bonchev–Trinajstić information content (AvgIpc) is 3.42. The van der Waals surface area contributed by atoms with Crippen molar-refractivity contribution in [2.24, 2.45) is 0 Å². The van der Waals surface area contributed by atoms with E-state index in [1.807, 2.05) is 24.3 Å². The average molecular weight is 444 g/mol. The first-order valence-corrected chi connectivity index (χ1v) is 12.0. The molecule has 0 saturated heterocycles. The summed E-state index contributed by atoms with van der Waals surface area (Å²) in [5.41, 5.74) is 1.98. The van der Waals surface area contributed by atoms with Crippen molar-refractivity contribution in [2.75, 3.05) is 11.1 Å². The van der Waals surface area contributed by atoms with Gasteiger partial charge in [0.15, 0.2) is 16.1 Å². The van der Waals surface area contributed by atoms with Crippen molar-refractivity contribution in [3.8, 4) is 11.4 Å². The monoisotopic (exact) mass is 443 g/mol. The molecule has 3 aromatic heterocycles. The van der Waals surface area contributed by atoms with Crippen LogP contribution in [0.5, 0.6) is 0 Å². The number of fused-ring (bicyclic) bond motifs is 1. The summed E-state index contributed by atoms with van der Waals surface area (Å²) in [5.74, 6) is 1.01. The van der Waals surface area contributed by atoms with E-state index < -0.39 is 0 Å². The van der Waals surface area contributed by atoms with E-state index in [4.69, 9.17) is 0 Å². The molecule has 0 saturated carbocycles. The lowest BCUT2D eigenvalue weighted by molar-refractivity contribution is -0.113. The number of nitrogens with one attached hydrogen (secondary N) is 1. The molecule has 4 aromatic rings. The topological polar surface area (TPSA) is 72.7 Å². The predicted molar refractivity (Wildman–Crippen MR) is 122 cm³/mol. The number of thioether (sulfide) groups is 1. The summed E-state index contributed by atoms with van der Waals surface area (Å²) in [6, 6.07) is 10.2. The molecule has 0 radical (unpaired) electrons. The number of rotatable bonds is 7. The van der Waals surface area contributed by atoms with Gasteiger partial charge in [0.05, 0.1) is 16.0 Å². The highest BCUT2D eigenvalue weighted by atomic mass is 32.2. The van der Waals surface area contributed by atoms with E-state index in [0.717, 1.165) is 33.2 Å². The highest BCUT2D eigenvalue weighted by Gasteiger charge is 2.19. The number of thiophene rings is 1. The first-order valence-electron chi connectivity index (χ1n) is 9.36. The zero-order valence-electron chi connectivity index (χ0n) is 16.4. The quantitative estimate of drug-likeness (QED) is 0.382. The number of aromatic nitrogens is 4. The van der Waals surface area contributed by atoms with Gasteiger partial charge in [-0.15, -0.1) is 21.5 Å². The molecule has 29 heavy (non-hydrogen) atoms. The minimum Gasteiger partial charge on any atom is -0.301 e. The van der Waals surface area contributed by atoms with E-state index in [2.05, 4.69) is 57.3 Å². The van der Waals surface area contributed by atoms with Gasteiger partial charge in [-0.3, -0.25) is 9.36 Å². The Hall–Kier alpha value is -2.23. The summed E-state index contributed by atoms with van der Waals surface area (Å²) in [6.07, 6.45) is 1.01. The van der Waals surface area contributed by atoms with Gasteiger partial charge < -0.3 is 5.32 Å². The van der Waals surface area contributed by atoms with Crippen LogP contribution in [-0.4, -0.2) is 31.4 Å². The summed E-state index contributed by atoms with van der Waals surface area (Å²) in [5, 5.41) is 15.1. The van der Waals surface area contributed by atoms with Crippen LogP contribution in [-0.2, 0) is 11.2 Å². The number of nitrogens with zero attached hydrogens (tertiary/aromatic N) is 4. The summed E-state index contributed by atoms with van der Waals surface area (Å²) < 4.78 is 3.15. The largest absolute Gasteiger partial charge is 0.301 e. The van der Waals surface area contributed by atoms with Gasteiger partial charge in [0.1, 0.15) is 0 Å². The second kappa shape index (κ2) is 8.64. The number of carbonyl (C=O) groups is 1. The normalized spacial score (nSPS) is 11.4. The smallest absolute Gasteiger partial charge is 0.236 e. The van der Waals surface area contributed by atoms with Crippen LogP contribution in [0.1, 0.15) is 31.7 Å². The van der Waals surface area contributed by atoms with E-state index in [1.54, 1.807) is 11.3 Å². The molecule has 0 aliphatic heterocycles. The zero-order valence-corrected chi connectivity index (χ0v) is 18.8. The maximum absolute atomic E-state index is 12.4. The minimum absolute atomic E-state index is 0.0993. The number of hydrogen-bond donors (Lipinski definition) is 1. The van der Waals surface area contributed by atoms with E-state index in [-0.39, 0.29) is 17.7 Å². The summed E-state index contributed by atoms with van der Waals surface area (Å²) in [6.45, 7) is 6.35. The SMILES string of the molecule is CCc1cc(-c2nnc(SCC(=O)Nc3nc4ccccc4s3)n2C(C)C)cs1. The standard InChI is InChI=1S/C20H21N5OS3/c1-4-14-9-13(10-27-14)18-23-24-20(25(18)12(2)3)28-11-17(26)22-19-21-15-7-5-6-8-16(15)29-19/h5-10,12H,4,11H2,1-3H3,(H,21,22,26). The van der Waals surface area contributed by atoms with Gasteiger partial charge >= 0.3 is 0 Å². The zero-order chi connectivity index (χ0) is 20.4. The van der Waals surface area contributed by atoms with E-state index in [0.29, 0.717) is 5.13 Å². The van der Waals surface area contributed by atoms with Crippen LogP contribution in [0, 0.1) is 0 Å². The fourth-order valence-electron chi connectivity index (χ4n) is 2.93. The van der Waals surface area contributed by atoms with Crippen LogP contribution in [0.25, 0.3) is 21.6 Å². The number of anilines is 1. The minimum atomic E-state index is -0.0993. The lowest BCUT2D eigenvalue weighted by Crippen LogP contribution is -2.14. The summed E-state index contributed by atoms with van der Waals surface area (Å²) in [7, 11) is 0. The Balaban J connectivity index is 1.46. The first kappa shape index (κ1) is 20.1. The number of benzene rings is 1. The van der Waals surface area contributed by atoms with E-state index >= 15 is 0 Å². The Morgan fingerprint density at radius 3 is 2.83 bits per heavy atom. The fourth-order valence-corrected chi connectivity index (χ4v) is 5.49. The number of amides is 1. The molecule has 150 valence electrons. The number of thiazole rings is 1. The van der Waals surface area contributed by atoms with Gasteiger partial charge in [0.25, 0.3) is 0 Å². The molecule has 1 amide bonds. The van der Waals surface area contributed by atoms with Gasteiger partial charge in [0.2, 0.25) is 5.91 Å². The first-order chi connectivity index (χ1) is 14.0. The number of para-hydroxylation sites is 1.